The smallest absolute Gasteiger partial charge is 0.272 e. The number of fused-ring (bicyclic) bond motifs is 1. The minimum absolute atomic E-state index is 0.0252. The number of carbonyl (C=O) groups is 5. The van der Waals surface area contributed by atoms with Crippen LogP contribution in [0.3, 0.4) is 0 Å². The van der Waals surface area contributed by atoms with Crippen LogP contribution < -0.4 is 16.2 Å². The Morgan fingerprint density at radius 1 is 0.705 bits per heavy atom. The van der Waals surface area contributed by atoms with Gasteiger partial charge in [-0.2, -0.15) is 5.10 Å². The standard InChI is InChI=1S/C59H73FN12O6/c60-51-16-15-42(33-52-48-13-4-5-14-49(48)57(76)66-65-52)32-50(51)58(77)71-30-28-69(29-31-71)54(74)39-68-26-24-67(25-27-68)37-41-18-22-70(23-19-41)59(78)55(43-8-2-1-3-9-43)64-56(75)45-11-6-10-44(34-45)46-12-7-21-72(38-46)53(73)36-62-35-47-17-20-61-40-63-47/h4-6,10-11,13-17,20,32,34,40-41,43,46,55,62H,1-3,7-9,12,18-19,21-31,33,35-39H2,(H,64,75)(H,66,76). The number of hydrogen-bond donors (Lipinski definition) is 3. The van der Waals surface area contributed by atoms with Crippen molar-refractivity contribution in [3.63, 3.8) is 0 Å². The van der Waals surface area contributed by atoms with E-state index in [2.05, 4.69) is 40.6 Å². The van der Waals surface area contributed by atoms with Gasteiger partial charge in [-0.25, -0.2) is 19.5 Å². The second-order valence-electron chi connectivity index (χ2n) is 22.0. The molecule has 0 radical (unpaired) electrons. The molecule has 2 unspecified atom stereocenters. The number of nitrogens with zero attached hydrogens (tertiary/aromatic N) is 9. The molecule has 18 nitrogen and oxygen atoms in total. The van der Waals surface area contributed by atoms with Crippen molar-refractivity contribution in [3.05, 3.63) is 135 Å². The Labute approximate surface area is 455 Å². The number of aromatic amines is 1. The van der Waals surface area contributed by atoms with Crippen LogP contribution in [0.2, 0.25) is 0 Å². The van der Waals surface area contributed by atoms with Gasteiger partial charge in [0, 0.05) is 121 Å². The van der Waals surface area contributed by atoms with E-state index in [4.69, 9.17) is 0 Å². The lowest BCUT2D eigenvalue weighted by molar-refractivity contribution is -0.137. The molecule has 1 saturated carbocycles. The van der Waals surface area contributed by atoms with Crippen LogP contribution in [-0.4, -0.2) is 183 Å². The van der Waals surface area contributed by atoms with Gasteiger partial charge >= 0.3 is 0 Å². The number of H-pyrrole nitrogens is 1. The summed E-state index contributed by atoms with van der Waals surface area (Å²) in [6, 6.07) is 20.6. The van der Waals surface area contributed by atoms with Crippen molar-refractivity contribution in [1.29, 1.82) is 0 Å². The maximum absolute atomic E-state index is 15.1. The molecule has 2 aromatic heterocycles. The first-order chi connectivity index (χ1) is 38.0. The molecule has 3 N–H and O–H groups in total. The van der Waals surface area contributed by atoms with Crippen LogP contribution in [0.15, 0.2) is 90.1 Å². The van der Waals surface area contributed by atoms with Gasteiger partial charge in [0.1, 0.15) is 18.2 Å². The van der Waals surface area contributed by atoms with E-state index in [1.54, 1.807) is 40.3 Å². The van der Waals surface area contributed by atoms with E-state index in [1.807, 2.05) is 52.3 Å². The normalized spacial score (nSPS) is 19.7. The van der Waals surface area contributed by atoms with Gasteiger partial charge in [-0.3, -0.25) is 33.7 Å². The molecule has 1 aliphatic carbocycles. The Balaban J connectivity index is 0.651. The molecule has 78 heavy (non-hydrogen) atoms. The summed E-state index contributed by atoms with van der Waals surface area (Å²) in [4.78, 5) is 101. The summed E-state index contributed by atoms with van der Waals surface area (Å²) < 4.78 is 15.1. The molecule has 0 spiro atoms. The molecule has 2 atom stereocenters. The predicted molar refractivity (Wildman–Crippen MR) is 293 cm³/mol. The molecule has 412 valence electrons. The molecule has 4 saturated heterocycles. The third-order valence-electron chi connectivity index (χ3n) is 16.9. The monoisotopic (exact) mass is 1060 g/mol. The maximum atomic E-state index is 15.1. The molecule has 5 amide bonds. The third-order valence-corrected chi connectivity index (χ3v) is 16.9. The SMILES string of the molecule is O=C(NC(C(=O)N1CCC(CN2CCN(CC(=O)N3CCN(C(=O)c4cc(Cc5n[nH]c(=O)c6ccccc56)ccc4F)CC3)CC2)CC1)C1CCCCC1)c1cccc(C2CCCN(C(=O)CNCc3ccncn3)C2)c1. The summed E-state index contributed by atoms with van der Waals surface area (Å²) in [7, 11) is 0. The maximum Gasteiger partial charge on any atom is 0.272 e. The summed E-state index contributed by atoms with van der Waals surface area (Å²) in [5.74, 6) is -0.509. The van der Waals surface area contributed by atoms with E-state index in [-0.39, 0.29) is 53.1 Å². The van der Waals surface area contributed by atoms with Gasteiger partial charge in [-0.15, -0.1) is 0 Å². The second kappa shape index (κ2) is 25.7. The average molecular weight is 1070 g/mol. The van der Waals surface area contributed by atoms with Gasteiger partial charge in [-0.05, 0) is 97.9 Å². The topological polar surface area (TPSA) is 200 Å². The van der Waals surface area contributed by atoms with Gasteiger partial charge in [0.25, 0.3) is 17.4 Å². The second-order valence-corrected chi connectivity index (χ2v) is 22.0. The molecule has 6 heterocycles. The molecule has 5 fully saturated rings. The number of hydrogen-bond acceptors (Lipinski definition) is 12. The average Bonchev–Trinajstić information content (AvgIpc) is 3.50. The lowest BCUT2D eigenvalue weighted by Crippen LogP contribution is -2.55. The highest BCUT2D eigenvalue weighted by molar-refractivity contribution is 5.98. The number of nitrogens with one attached hydrogen (secondary N) is 3. The molecular formula is C59H73FN12O6. The summed E-state index contributed by atoms with van der Waals surface area (Å²) in [6.07, 6.45) is 12.2. The van der Waals surface area contributed by atoms with Crippen LogP contribution in [0.1, 0.15) is 107 Å². The van der Waals surface area contributed by atoms with Gasteiger partial charge in [0.05, 0.1) is 35.4 Å². The zero-order valence-electron chi connectivity index (χ0n) is 44.6. The van der Waals surface area contributed by atoms with Crippen molar-refractivity contribution in [2.75, 3.05) is 98.2 Å². The van der Waals surface area contributed by atoms with Crippen molar-refractivity contribution in [1.82, 2.24) is 60.2 Å². The first-order valence-corrected chi connectivity index (χ1v) is 28.2. The number of aromatic nitrogens is 4. The zero-order valence-corrected chi connectivity index (χ0v) is 44.6. The fourth-order valence-electron chi connectivity index (χ4n) is 12.3. The van der Waals surface area contributed by atoms with Crippen LogP contribution in [-0.2, 0) is 27.3 Å². The van der Waals surface area contributed by atoms with Gasteiger partial charge in [-0.1, -0.05) is 55.7 Å². The predicted octanol–water partition coefficient (Wildman–Crippen LogP) is 4.46. The first-order valence-electron chi connectivity index (χ1n) is 28.2. The van der Waals surface area contributed by atoms with Crippen molar-refractivity contribution < 1.29 is 28.4 Å². The van der Waals surface area contributed by atoms with Crippen molar-refractivity contribution in [2.24, 2.45) is 11.8 Å². The van der Waals surface area contributed by atoms with E-state index in [0.29, 0.717) is 105 Å². The molecule has 0 bridgehead atoms. The minimum Gasteiger partial charge on any atom is -0.341 e. The Morgan fingerprint density at radius 3 is 2.23 bits per heavy atom. The molecule has 4 aliphatic heterocycles. The number of carbonyl (C=O) groups excluding carboxylic acids is 5. The van der Waals surface area contributed by atoms with E-state index in [9.17, 15) is 28.8 Å². The Kier molecular flexibility index (Phi) is 17.9. The number of piperidine rings is 2. The largest absolute Gasteiger partial charge is 0.341 e. The Bertz CT molecular complexity index is 2970. The highest BCUT2D eigenvalue weighted by Gasteiger charge is 2.37. The first kappa shape index (κ1) is 54.4. The molecular weight excluding hydrogens is 992 g/mol. The van der Waals surface area contributed by atoms with Crippen LogP contribution >= 0.6 is 0 Å². The quantitative estimate of drug-likeness (QED) is 0.126. The molecule has 3 aromatic carbocycles. The number of amides is 5. The number of piperazine rings is 2. The summed E-state index contributed by atoms with van der Waals surface area (Å²) in [5, 5.41) is 14.4. The summed E-state index contributed by atoms with van der Waals surface area (Å²) in [5.41, 5.74) is 3.40. The number of benzene rings is 3. The molecule has 10 rings (SSSR count). The van der Waals surface area contributed by atoms with Gasteiger partial charge in [0.2, 0.25) is 17.7 Å². The lowest BCUT2D eigenvalue weighted by Gasteiger charge is -2.41. The minimum atomic E-state index is -0.609. The fraction of sp³-hybridized carbons (Fsp3) is 0.508. The lowest BCUT2D eigenvalue weighted by atomic mass is 9.82. The van der Waals surface area contributed by atoms with Crippen LogP contribution in [0.5, 0.6) is 0 Å². The van der Waals surface area contributed by atoms with Crippen molar-refractivity contribution in [3.8, 4) is 0 Å². The number of halogens is 1. The number of likely N-dealkylation sites (tertiary alicyclic amines) is 2. The van der Waals surface area contributed by atoms with E-state index >= 15 is 4.39 Å². The Morgan fingerprint density at radius 2 is 1.46 bits per heavy atom. The van der Waals surface area contributed by atoms with Crippen LogP contribution in [0, 0.1) is 17.7 Å². The molecule has 5 aromatic rings. The van der Waals surface area contributed by atoms with Crippen molar-refractivity contribution >= 4 is 40.3 Å². The number of rotatable bonds is 16. The van der Waals surface area contributed by atoms with E-state index in [1.165, 1.54) is 12.4 Å². The zero-order chi connectivity index (χ0) is 54.0. The van der Waals surface area contributed by atoms with Gasteiger partial charge in [0.15, 0.2) is 0 Å². The third kappa shape index (κ3) is 13.5. The van der Waals surface area contributed by atoms with E-state index < -0.39 is 17.8 Å². The molecule has 5 aliphatic rings. The van der Waals surface area contributed by atoms with Crippen LogP contribution in [0.4, 0.5) is 4.39 Å². The van der Waals surface area contributed by atoms with Crippen molar-refractivity contribution in [2.45, 2.75) is 82.7 Å². The highest BCUT2D eigenvalue weighted by Crippen LogP contribution is 2.31. The molecule has 19 heteroatoms. The fourth-order valence-corrected chi connectivity index (χ4v) is 12.3. The highest BCUT2D eigenvalue weighted by atomic mass is 19.1. The summed E-state index contributed by atoms with van der Waals surface area (Å²) in [6.45, 7) is 9.18. The van der Waals surface area contributed by atoms with E-state index in [0.717, 1.165) is 102 Å². The summed E-state index contributed by atoms with van der Waals surface area (Å²) >= 11 is 0. The van der Waals surface area contributed by atoms with Crippen LogP contribution in [0.25, 0.3) is 10.8 Å². The van der Waals surface area contributed by atoms with Gasteiger partial charge < -0.3 is 35.1 Å². The Hall–Kier alpha value is -6.96.